The van der Waals surface area contributed by atoms with Crippen LogP contribution in [0.15, 0.2) is 29.2 Å². The minimum atomic E-state index is -0.210. The Kier molecular flexibility index (Phi) is 8.37. The number of carbonyl (C=O) groups excluding carboxylic acids is 1. The maximum Gasteiger partial charge on any atom is 0.238 e. The number of thioether (sulfide) groups is 2. The van der Waals surface area contributed by atoms with Gasteiger partial charge in [-0.05, 0) is 36.4 Å². The van der Waals surface area contributed by atoms with Gasteiger partial charge in [-0.3, -0.25) is 10.1 Å². The highest BCUT2D eigenvalue weighted by molar-refractivity contribution is 7.99. The molecule has 2 rings (SSSR count). The molecule has 1 atom stereocenters. The molecule has 3 nitrogen and oxygen atoms in total. The van der Waals surface area contributed by atoms with Gasteiger partial charge in [0.25, 0.3) is 0 Å². The standard InChI is InChI=1S/C13H17FN2OS2.ClH/c14-10-2-4-11(5-3-10)19-7-1-6-15-13(17)12-8-18-9-16-12;/h2-5,12,16H,1,6-9H2,(H,15,17);1H. The first-order valence-corrected chi connectivity index (χ1v) is 8.37. The summed E-state index contributed by atoms with van der Waals surface area (Å²) in [6.07, 6.45) is 0.910. The average molecular weight is 337 g/mol. The lowest BCUT2D eigenvalue weighted by Gasteiger charge is -2.10. The third kappa shape index (κ3) is 5.91. The van der Waals surface area contributed by atoms with Gasteiger partial charge >= 0.3 is 0 Å². The van der Waals surface area contributed by atoms with Crippen LogP contribution in [0.4, 0.5) is 4.39 Å². The minimum absolute atomic E-state index is 0. The van der Waals surface area contributed by atoms with Gasteiger partial charge < -0.3 is 5.32 Å². The number of rotatable bonds is 6. The molecule has 1 aliphatic heterocycles. The normalized spacial score (nSPS) is 17.6. The Hall–Kier alpha value is -0.430. The molecule has 0 aromatic heterocycles. The van der Waals surface area contributed by atoms with E-state index in [0.29, 0.717) is 6.54 Å². The molecular formula is C13H18ClFN2OS2. The van der Waals surface area contributed by atoms with Gasteiger partial charge in [-0.1, -0.05) is 0 Å². The van der Waals surface area contributed by atoms with Gasteiger partial charge in [-0.25, -0.2) is 4.39 Å². The summed E-state index contributed by atoms with van der Waals surface area (Å²) >= 11 is 3.42. The fourth-order valence-electron chi connectivity index (χ4n) is 1.69. The molecule has 1 saturated heterocycles. The molecule has 2 N–H and O–H groups in total. The lowest BCUT2D eigenvalue weighted by Crippen LogP contribution is -2.42. The van der Waals surface area contributed by atoms with E-state index in [4.69, 9.17) is 0 Å². The summed E-state index contributed by atoms with van der Waals surface area (Å²) in [7, 11) is 0. The Labute approximate surface area is 133 Å². The summed E-state index contributed by atoms with van der Waals surface area (Å²) in [5.41, 5.74) is 0. The highest BCUT2D eigenvalue weighted by Gasteiger charge is 2.21. The molecule has 1 fully saturated rings. The van der Waals surface area contributed by atoms with Crippen molar-refractivity contribution in [2.24, 2.45) is 0 Å². The van der Waals surface area contributed by atoms with E-state index < -0.39 is 0 Å². The van der Waals surface area contributed by atoms with E-state index >= 15 is 0 Å². The van der Waals surface area contributed by atoms with Gasteiger partial charge in [0.05, 0.1) is 6.04 Å². The van der Waals surface area contributed by atoms with E-state index in [-0.39, 0.29) is 30.2 Å². The molecule has 0 saturated carbocycles. The van der Waals surface area contributed by atoms with E-state index in [1.807, 2.05) is 0 Å². The first-order valence-electron chi connectivity index (χ1n) is 6.23. The van der Waals surface area contributed by atoms with Crippen LogP contribution in [0.5, 0.6) is 0 Å². The lowest BCUT2D eigenvalue weighted by molar-refractivity contribution is -0.122. The fraction of sp³-hybridized carbons (Fsp3) is 0.462. The highest BCUT2D eigenvalue weighted by atomic mass is 35.5. The third-order valence-corrected chi connectivity index (χ3v) is 4.77. The summed E-state index contributed by atoms with van der Waals surface area (Å²) < 4.78 is 12.7. The van der Waals surface area contributed by atoms with Crippen LogP contribution < -0.4 is 10.6 Å². The molecule has 20 heavy (non-hydrogen) atoms. The van der Waals surface area contributed by atoms with Crippen molar-refractivity contribution >= 4 is 41.8 Å². The largest absolute Gasteiger partial charge is 0.355 e. The van der Waals surface area contributed by atoms with Crippen molar-refractivity contribution in [1.82, 2.24) is 10.6 Å². The number of hydrogen-bond acceptors (Lipinski definition) is 4. The number of benzene rings is 1. The predicted molar refractivity (Wildman–Crippen MR) is 86.2 cm³/mol. The average Bonchev–Trinajstić information content (AvgIpc) is 2.94. The number of carbonyl (C=O) groups is 1. The van der Waals surface area contributed by atoms with Crippen LogP contribution in [-0.4, -0.2) is 35.9 Å². The van der Waals surface area contributed by atoms with Crippen molar-refractivity contribution in [2.45, 2.75) is 17.4 Å². The van der Waals surface area contributed by atoms with Crippen molar-refractivity contribution in [3.8, 4) is 0 Å². The first-order chi connectivity index (χ1) is 9.25. The molecule has 0 aliphatic carbocycles. The van der Waals surface area contributed by atoms with Crippen LogP contribution in [0.25, 0.3) is 0 Å². The molecule has 7 heteroatoms. The molecule has 1 unspecified atom stereocenters. The Balaban J connectivity index is 0.00000200. The zero-order valence-corrected chi connectivity index (χ0v) is 13.4. The second-order valence-corrected chi connectivity index (χ2v) is 6.42. The number of hydrogen-bond donors (Lipinski definition) is 2. The molecule has 112 valence electrons. The summed E-state index contributed by atoms with van der Waals surface area (Å²) in [6, 6.07) is 6.45. The van der Waals surface area contributed by atoms with E-state index in [9.17, 15) is 9.18 Å². The van der Waals surface area contributed by atoms with E-state index in [2.05, 4.69) is 10.6 Å². The molecule has 0 radical (unpaired) electrons. The molecule has 1 aromatic rings. The van der Waals surface area contributed by atoms with Crippen molar-refractivity contribution in [3.63, 3.8) is 0 Å². The van der Waals surface area contributed by atoms with Crippen LogP contribution in [0.3, 0.4) is 0 Å². The molecule has 1 heterocycles. The second kappa shape index (κ2) is 9.50. The van der Waals surface area contributed by atoms with Gasteiger partial charge in [0.2, 0.25) is 5.91 Å². The summed E-state index contributed by atoms with van der Waals surface area (Å²) in [6.45, 7) is 0.690. The van der Waals surface area contributed by atoms with Crippen LogP contribution in [0.2, 0.25) is 0 Å². The summed E-state index contributed by atoms with van der Waals surface area (Å²) in [5, 5.41) is 6.07. The second-order valence-electron chi connectivity index (χ2n) is 4.22. The smallest absolute Gasteiger partial charge is 0.238 e. The zero-order chi connectivity index (χ0) is 13.5. The SMILES string of the molecule is Cl.O=C(NCCCSc1ccc(F)cc1)C1CSCN1. The van der Waals surface area contributed by atoms with Crippen molar-refractivity contribution in [1.29, 1.82) is 0 Å². The predicted octanol–water partition coefficient (Wildman–Crippen LogP) is 2.51. The molecular weight excluding hydrogens is 319 g/mol. The first kappa shape index (κ1) is 17.6. The van der Waals surface area contributed by atoms with Crippen LogP contribution in [0, 0.1) is 5.82 Å². The van der Waals surface area contributed by atoms with Gasteiger partial charge in [0, 0.05) is 23.1 Å². The molecule has 1 aliphatic rings. The van der Waals surface area contributed by atoms with Crippen LogP contribution >= 0.6 is 35.9 Å². The maximum atomic E-state index is 12.7. The van der Waals surface area contributed by atoms with E-state index in [0.717, 1.165) is 28.7 Å². The monoisotopic (exact) mass is 336 g/mol. The van der Waals surface area contributed by atoms with E-state index in [1.54, 1.807) is 35.7 Å². The van der Waals surface area contributed by atoms with Crippen molar-refractivity contribution in [2.75, 3.05) is 23.9 Å². The van der Waals surface area contributed by atoms with Crippen LogP contribution in [-0.2, 0) is 4.79 Å². The topological polar surface area (TPSA) is 41.1 Å². The Morgan fingerprint density at radius 3 is 2.85 bits per heavy atom. The summed E-state index contributed by atoms with van der Waals surface area (Å²) in [5.74, 6) is 2.52. The van der Waals surface area contributed by atoms with Gasteiger partial charge in [0.1, 0.15) is 5.82 Å². The Morgan fingerprint density at radius 1 is 1.45 bits per heavy atom. The quantitative estimate of drug-likeness (QED) is 0.618. The third-order valence-electron chi connectivity index (χ3n) is 2.74. The number of amides is 1. The molecule has 1 amide bonds. The molecule has 1 aromatic carbocycles. The Morgan fingerprint density at radius 2 is 2.20 bits per heavy atom. The minimum Gasteiger partial charge on any atom is -0.355 e. The molecule has 0 spiro atoms. The number of halogens is 2. The van der Waals surface area contributed by atoms with Gasteiger partial charge in [0.15, 0.2) is 0 Å². The summed E-state index contributed by atoms with van der Waals surface area (Å²) in [4.78, 5) is 12.7. The highest BCUT2D eigenvalue weighted by Crippen LogP contribution is 2.18. The zero-order valence-electron chi connectivity index (χ0n) is 10.9. The maximum absolute atomic E-state index is 12.7. The van der Waals surface area contributed by atoms with Gasteiger partial charge in [-0.2, -0.15) is 0 Å². The van der Waals surface area contributed by atoms with Crippen molar-refractivity contribution in [3.05, 3.63) is 30.1 Å². The lowest BCUT2D eigenvalue weighted by atomic mass is 10.3. The molecule has 0 bridgehead atoms. The van der Waals surface area contributed by atoms with Crippen LogP contribution in [0.1, 0.15) is 6.42 Å². The Bertz CT molecular complexity index is 413. The fourth-order valence-corrected chi connectivity index (χ4v) is 3.49. The van der Waals surface area contributed by atoms with Gasteiger partial charge in [-0.15, -0.1) is 35.9 Å². The van der Waals surface area contributed by atoms with Crippen molar-refractivity contribution < 1.29 is 9.18 Å². The number of nitrogens with one attached hydrogen (secondary N) is 2. The van der Waals surface area contributed by atoms with E-state index in [1.165, 1.54) is 12.1 Å².